The molecule has 8 aromatic carbocycles. The standard InChI is InChI=1S/C55H24Cl2F22O4/c1-19(29-35(58)39(62)32(40(63)36(29)59)34-45(68)49(72)52(50(73)46(34)69)83-28-17-9-24(57)10-18-28)80-25-11-3-21(4-12-25)53(54(74,75)76,55(77,78)79)22-5-13-27(14-6-22)82-51-47(70)43(66)33(44(67)48(51)71)31-41(64)37(60)30(38(61)42(31)65)20(2)81-26-15-7-23(56)8-16-26/h3-20H,1-2H3. The van der Waals surface area contributed by atoms with Gasteiger partial charge in [-0.2, -0.15) is 43.9 Å². The fourth-order valence-corrected chi connectivity index (χ4v) is 8.86. The molecule has 0 aliphatic rings. The maximum Gasteiger partial charge on any atom is 0.411 e. The lowest BCUT2D eigenvalue weighted by Gasteiger charge is -2.38. The van der Waals surface area contributed by atoms with Crippen LogP contribution in [0.5, 0.6) is 34.5 Å². The normalized spacial score (nSPS) is 12.8. The molecule has 0 bridgehead atoms. The molecule has 0 aliphatic heterocycles. The van der Waals surface area contributed by atoms with E-state index in [1.54, 1.807) is 0 Å². The number of ether oxygens (including phenoxy) is 4. The van der Waals surface area contributed by atoms with E-state index in [1.807, 2.05) is 0 Å². The molecule has 0 aliphatic carbocycles. The van der Waals surface area contributed by atoms with Crippen LogP contribution < -0.4 is 18.9 Å². The van der Waals surface area contributed by atoms with Gasteiger partial charge in [-0.25, -0.2) is 52.7 Å². The molecule has 0 radical (unpaired) electrons. The third-order valence-electron chi connectivity index (χ3n) is 12.5. The highest BCUT2D eigenvalue weighted by Gasteiger charge is 2.72. The van der Waals surface area contributed by atoms with Gasteiger partial charge < -0.3 is 18.9 Å². The first-order chi connectivity index (χ1) is 38.8. The summed E-state index contributed by atoms with van der Waals surface area (Å²) in [5, 5.41) is 0.244. The molecule has 0 heterocycles. The van der Waals surface area contributed by atoms with Crippen molar-refractivity contribution in [2.75, 3.05) is 0 Å². The van der Waals surface area contributed by atoms with E-state index in [0.29, 0.717) is 19.1 Å². The molecule has 0 aromatic heterocycles. The van der Waals surface area contributed by atoms with Crippen LogP contribution in [0.1, 0.15) is 48.3 Å². The molecule has 83 heavy (non-hydrogen) atoms. The average Bonchev–Trinajstić information content (AvgIpc) is 3.61. The van der Waals surface area contributed by atoms with Crippen molar-refractivity contribution in [1.82, 2.24) is 0 Å². The molecule has 0 saturated carbocycles. The van der Waals surface area contributed by atoms with Gasteiger partial charge in [-0.15, -0.1) is 0 Å². The first kappa shape index (κ1) is 61.1. The van der Waals surface area contributed by atoms with Gasteiger partial charge in [0.1, 0.15) is 35.2 Å². The van der Waals surface area contributed by atoms with Crippen molar-refractivity contribution in [3.63, 3.8) is 0 Å². The molecule has 0 spiro atoms. The van der Waals surface area contributed by atoms with Crippen LogP contribution in [0.15, 0.2) is 97.1 Å². The zero-order valence-corrected chi connectivity index (χ0v) is 42.1. The predicted molar refractivity (Wildman–Crippen MR) is 250 cm³/mol. The third-order valence-corrected chi connectivity index (χ3v) is 13.0. The molecule has 0 saturated heterocycles. The first-order valence-electron chi connectivity index (χ1n) is 22.7. The number of rotatable bonds is 14. The fraction of sp³-hybridized carbons (Fsp3) is 0.127. The highest BCUT2D eigenvalue weighted by molar-refractivity contribution is 6.30. The van der Waals surface area contributed by atoms with Crippen LogP contribution >= 0.6 is 23.2 Å². The van der Waals surface area contributed by atoms with Gasteiger partial charge in [-0.05, 0) is 97.8 Å². The number of benzene rings is 8. The summed E-state index contributed by atoms with van der Waals surface area (Å²) in [6.07, 6.45) is -17.1. The summed E-state index contributed by atoms with van der Waals surface area (Å²) in [5.74, 6) is -48.1. The number of hydrogen-bond donors (Lipinski definition) is 0. The van der Waals surface area contributed by atoms with Gasteiger partial charge >= 0.3 is 12.4 Å². The zero-order chi connectivity index (χ0) is 61.3. The van der Waals surface area contributed by atoms with Gasteiger partial charge in [0.25, 0.3) is 0 Å². The minimum absolute atomic E-state index is 0.00242. The van der Waals surface area contributed by atoms with Gasteiger partial charge in [0.15, 0.2) is 69.8 Å². The maximum absolute atomic E-state index is 15.6. The highest BCUT2D eigenvalue weighted by Crippen LogP contribution is 2.57. The smallest absolute Gasteiger partial charge is 0.411 e. The molecule has 0 amide bonds. The van der Waals surface area contributed by atoms with Gasteiger partial charge in [0.2, 0.25) is 40.2 Å². The number of alkyl halides is 6. The molecular formula is C55H24Cl2F22O4. The lowest BCUT2D eigenvalue weighted by molar-refractivity contribution is -0.288. The fourth-order valence-electron chi connectivity index (χ4n) is 8.61. The Bertz CT molecular complexity index is 3710. The van der Waals surface area contributed by atoms with E-state index in [4.69, 9.17) is 42.1 Å². The summed E-state index contributed by atoms with van der Waals surface area (Å²) >= 11 is 11.4. The zero-order valence-electron chi connectivity index (χ0n) is 40.6. The molecule has 2 unspecified atom stereocenters. The van der Waals surface area contributed by atoms with Gasteiger partial charge in [-0.1, -0.05) is 47.5 Å². The van der Waals surface area contributed by atoms with Crippen molar-refractivity contribution >= 4 is 23.2 Å². The van der Waals surface area contributed by atoms with Crippen molar-refractivity contribution in [3.8, 4) is 56.8 Å². The van der Waals surface area contributed by atoms with Crippen LogP contribution in [0.4, 0.5) is 96.6 Å². The Balaban J connectivity index is 1.07. The van der Waals surface area contributed by atoms with Crippen LogP contribution in [0.2, 0.25) is 10.0 Å². The van der Waals surface area contributed by atoms with Crippen LogP contribution in [0.25, 0.3) is 22.3 Å². The van der Waals surface area contributed by atoms with E-state index in [2.05, 4.69) is 0 Å². The number of hydrogen-bond acceptors (Lipinski definition) is 4. The summed E-state index contributed by atoms with van der Waals surface area (Å²) < 4.78 is 357. The van der Waals surface area contributed by atoms with Crippen molar-refractivity contribution in [2.45, 2.75) is 43.8 Å². The van der Waals surface area contributed by atoms with Crippen LogP contribution in [0, 0.1) is 93.1 Å². The Morgan fingerprint density at radius 1 is 0.301 bits per heavy atom. The third kappa shape index (κ3) is 10.6. The highest BCUT2D eigenvalue weighted by atomic mass is 35.5. The lowest BCUT2D eigenvalue weighted by atomic mass is 9.73. The summed E-state index contributed by atoms with van der Waals surface area (Å²) in [7, 11) is 0. The molecule has 0 fully saturated rings. The average molecular weight is 1240 g/mol. The molecule has 436 valence electrons. The van der Waals surface area contributed by atoms with E-state index in [1.165, 1.54) is 24.3 Å². The van der Waals surface area contributed by atoms with E-state index in [0.717, 1.165) is 31.2 Å². The van der Waals surface area contributed by atoms with Crippen LogP contribution in [0.3, 0.4) is 0 Å². The molecular weight excluding hydrogens is 1210 g/mol. The number of halogens is 24. The summed E-state index contributed by atoms with van der Waals surface area (Å²) in [6.45, 7) is 1.49. The SMILES string of the molecule is CC(Oc1ccc(Cl)cc1)c1c(F)c(F)c(-c2c(F)c(F)c(Oc3ccc(C(c4ccc(OC(C)c5c(F)c(F)c(-c6c(F)c(F)c(Oc7ccc(Cl)cc7)c(F)c6F)c(F)c5F)cc4)(C(F)(F)F)C(F)(F)F)cc3)c(F)c2F)c(F)c1F. The van der Waals surface area contributed by atoms with Crippen LogP contribution in [-0.4, -0.2) is 12.4 Å². The summed E-state index contributed by atoms with van der Waals surface area (Å²) in [4.78, 5) is 0. The minimum atomic E-state index is -6.43. The van der Waals surface area contributed by atoms with Gasteiger partial charge in [-0.3, -0.25) is 0 Å². The maximum atomic E-state index is 15.6. The Labute approximate surface area is 460 Å². The van der Waals surface area contributed by atoms with E-state index in [9.17, 15) is 0 Å². The monoisotopic (exact) mass is 1240 g/mol. The van der Waals surface area contributed by atoms with Crippen molar-refractivity contribution in [3.05, 3.63) is 222 Å². The largest absolute Gasteiger partial charge is 0.486 e. The Morgan fingerprint density at radius 2 is 0.518 bits per heavy atom. The summed E-state index contributed by atoms with van der Waals surface area (Å²) in [6, 6.07) is 10.2. The Morgan fingerprint density at radius 3 is 0.771 bits per heavy atom. The molecule has 28 heteroatoms. The minimum Gasteiger partial charge on any atom is -0.486 e. The quantitative estimate of drug-likeness (QED) is 0.0803. The van der Waals surface area contributed by atoms with Crippen molar-refractivity contribution in [2.24, 2.45) is 0 Å². The molecule has 0 N–H and O–H groups in total. The Kier molecular flexibility index (Phi) is 16.7. The second-order valence-electron chi connectivity index (χ2n) is 17.4. The topological polar surface area (TPSA) is 36.9 Å². The van der Waals surface area contributed by atoms with Crippen molar-refractivity contribution < 1.29 is 116 Å². The molecule has 8 rings (SSSR count). The Hall–Kier alpha value is -8.00. The van der Waals surface area contributed by atoms with E-state index in [-0.39, 0.29) is 52.2 Å². The molecule has 8 aromatic rings. The van der Waals surface area contributed by atoms with E-state index >= 15 is 96.6 Å². The predicted octanol–water partition coefficient (Wildman–Crippen LogP) is 19.8. The summed E-state index contributed by atoms with van der Waals surface area (Å²) in [5.41, 5.74) is -21.3. The second kappa shape index (κ2) is 22.6. The van der Waals surface area contributed by atoms with Crippen LogP contribution in [-0.2, 0) is 5.41 Å². The lowest BCUT2D eigenvalue weighted by Crippen LogP contribution is -2.54. The van der Waals surface area contributed by atoms with E-state index < -0.39 is 196 Å². The van der Waals surface area contributed by atoms with Crippen molar-refractivity contribution in [1.29, 1.82) is 0 Å². The molecule has 4 nitrogen and oxygen atoms in total. The van der Waals surface area contributed by atoms with Gasteiger partial charge in [0, 0.05) is 10.0 Å². The first-order valence-corrected chi connectivity index (χ1v) is 23.5. The van der Waals surface area contributed by atoms with Gasteiger partial charge in [0.05, 0.1) is 33.4 Å². The second-order valence-corrected chi connectivity index (χ2v) is 18.3. The molecule has 2 atom stereocenters.